The second kappa shape index (κ2) is 8.30. The van der Waals surface area contributed by atoms with E-state index in [-0.39, 0.29) is 11.9 Å². The molecule has 1 heterocycles. The summed E-state index contributed by atoms with van der Waals surface area (Å²) in [7, 11) is 1.65. The Kier molecular flexibility index (Phi) is 6.71. The highest BCUT2D eigenvalue weighted by Crippen LogP contribution is 2.42. The van der Waals surface area contributed by atoms with Crippen LogP contribution in [0.2, 0.25) is 0 Å². The maximum absolute atomic E-state index is 13.7. The van der Waals surface area contributed by atoms with Crippen LogP contribution >= 0.6 is 23.5 Å². The van der Waals surface area contributed by atoms with Crippen LogP contribution in [0, 0.1) is 5.82 Å². The maximum atomic E-state index is 13.7. The molecule has 0 bridgehead atoms. The molecule has 1 aliphatic rings. The minimum absolute atomic E-state index is 0.128. The predicted octanol–water partition coefficient (Wildman–Crippen LogP) is 4.11. The normalized spacial score (nSPS) is 23.8. The van der Waals surface area contributed by atoms with Crippen LogP contribution in [-0.4, -0.2) is 35.7 Å². The first kappa shape index (κ1) is 17.0. The van der Waals surface area contributed by atoms with Gasteiger partial charge in [-0.3, -0.25) is 0 Å². The summed E-state index contributed by atoms with van der Waals surface area (Å²) in [5, 5.41) is 4.60. The number of nitrogens with one attached hydrogen (secondary N) is 1. The molecule has 1 fully saturated rings. The van der Waals surface area contributed by atoms with Crippen molar-refractivity contribution in [1.82, 2.24) is 5.32 Å². The van der Waals surface area contributed by atoms with Crippen LogP contribution in [0.25, 0.3) is 0 Å². The lowest BCUT2D eigenvalue weighted by Gasteiger charge is -2.37. The van der Waals surface area contributed by atoms with Crippen molar-refractivity contribution in [3.05, 3.63) is 29.6 Å². The fourth-order valence-corrected chi connectivity index (χ4v) is 6.06. The molecule has 1 aromatic carbocycles. The quantitative estimate of drug-likeness (QED) is 0.847. The van der Waals surface area contributed by atoms with E-state index in [9.17, 15) is 4.39 Å². The van der Waals surface area contributed by atoms with Crippen molar-refractivity contribution in [2.75, 3.05) is 25.2 Å². The zero-order valence-corrected chi connectivity index (χ0v) is 14.5. The molecule has 2 nitrogen and oxygen atoms in total. The molecule has 0 saturated carbocycles. The number of rotatable bonds is 6. The molecule has 3 unspecified atom stereocenters. The van der Waals surface area contributed by atoms with E-state index >= 15 is 0 Å². The topological polar surface area (TPSA) is 21.3 Å². The third kappa shape index (κ3) is 4.08. The SMILES string of the molecule is CCNC(c1cc(F)ccc1OC)C1SCCSC1CC. The van der Waals surface area contributed by atoms with Crippen molar-refractivity contribution >= 4 is 23.5 Å². The minimum Gasteiger partial charge on any atom is -0.496 e. The van der Waals surface area contributed by atoms with Gasteiger partial charge in [-0.15, -0.1) is 0 Å². The van der Waals surface area contributed by atoms with Crippen LogP contribution in [-0.2, 0) is 0 Å². The fraction of sp³-hybridized carbons (Fsp3) is 0.625. The van der Waals surface area contributed by atoms with E-state index in [0.717, 1.165) is 30.0 Å². The van der Waals surface area contributed by atoms with Gasteiger partial charge in [0.15, 0.2) is 0 Å². The Balaban J connectivity index is 2.35. The molecule has 2 rings (SSSR count). The summed E-state index contributed by atoms with van der Waals surface area (Å²) in [6.07, 6.45) is 1.14. The van der Waals surface area contributed by atoms with Gasteiger partial charge in [-0.05, 0) is 31.2 Å². The van der Waals surface area contributed by atoms with E-state index in [2.05, 4.69) is 19.2 Å². The molecule has 0 spiro atoms. The van der Waals surface area contributed by atoms with Crippen LogP contribution in [0.5, 0.6) is 5.75 Å². The first-order valence-corrected chi connectivity index (χ1v) is 9.61. The van der Waals surface area contributed by atoms with E-state index in [1.807, 2.05) is 23.5 Å². The molecule has 0 radical (unpaired) electrons. The molecule has 1 aliphatic heterocycles. The van der Waals surface area contributed by atoms with Gasteiger partial charge >= 0.3 is 0 Å². The summed E-state index contributed by atoms with van der Waals surface area (Å²) < 4.78 is 19.2. The van der Waals surface area contributed by atoms with Gasteiger partial charge in [0.2, 0.25) is 0 Å². The average molecular weight is 330 g/mol. The van der Waals surface area contributed by atoms with Gasteiger partial charge in [-0.1, -0.05) is 13.8 Å². The van der Waals surface area contributed by atoms with Crippen molar-refractivity contribution in [2.24, 2.45) is 0 Å². The molecule has 0 amide bonds. The Labute approximate surface area is 135 Å². The van der Waals surface area contributed by atoms with Crippen LogP contribution in [0.1, 0.15) is 31.9 Å². The predicted molar refractivity (Wildman–Crippen MR) is 92.2 cm³/mol. The van der Waals surface area contributed by atoms with Crippen molar-refractivity contribution in [1.29, 1.82) is 0 Å². The molecule has 21 heavy (non-hydrogen) atoms. The Morgan fingerprint density at radius 2 is 2.10 bits per heavy atom. The van der Waals surface area contributed by atoms with Crippen LogP contribution < -0.4 is 10.1 Å². The van der Waals surface area contributed by atoms with E-state index in [0.29, 0.717) is 10.5 Å². The van der Waals surface area contributed by atoms with Gasteiger partial charge in [-0.2, -0.15) is 23.5 Å². The van der Waals surface area contributed by atoms with Crippen LogP contribution in [0.15, 0.2) is 18.2 Å². The first-order valence-electron chi connectivity index (χ1n) is 7.51. The number of ether oxygens (including phenoxy) is 1. The summed E-state index contributed by atoms with van der Waals surface area (Å²) in [6.45, 7) is 5.20. The Hall–Kier alpha value is -0.390. The third-order valence-corrected chi connectivity index (χ3v) is 7.12. The van der Waals surface area contributed by atoms with Gasteiger partial charge < -0.3 is 10.1 Å². The van der Waals surface area contributed by atoms with Crippen molar-refractivity contribution in [3.63, 3.8) is 0 Å². The highest BCUT2D eigenvalue weighted by atomic mass is 32.2. The van der Waals surface area contributed by atoms with Crippen LogP contribution in [0.4, 0.5) is 4.39 Å². The van der Waals surface area contributed by atoms with Crippen molar-refractivity contribution < 1.29 is 9.13 Å². The Bertz CT molecular complexity index is 458. The molecule has 5 heteroatoms. The highest BCUT2D eigenvalue weighted by molar-refractivity contribution is 8.07. The molecular formula is C16H24FNOS2. The number of halogens is 1. The van der Waals surface area contributed by atoms with Crippen LogP contribution in [0.3, 0.4) is 0 Å². The summed E-state index contributed by atoms with van der Waals surface area (Å²) >= 11 is 4.04. The number of thioether (sulfide) groups is 2. The Morgan fingerprint density at radius 3 is 2.76 bits per heavy atom. The van der Waals surface area contributed by atoms with Crippen molar-refractivity contribution in [3.8, 4) is 5.75 Å². The molecule has 1 N–H and O–H groups in total. The second-order valence-electron chi connectivity index (χ2n) is 5.07. The average Bonchev–Trinajstić information content (AvgIpc) is 2.52. The van der Waals surface area contributed by atoms with Gasteiger partial charge in [0, 0.05) is 33.6 Å². The van der Waals surface area contributed by atoms with Gasteiger partial charge in [0.05, 0.1) is 7.11 Å². The Morgan fingerprint density at radius 1 is 1.33 bits per heavy atom. The number of hydrogen-bond donors (Lipinski definition) is 1. The molecular weight excluding hydrogens is 305 g/mol. The second-order valence-corrected chi connectivity index (χ2v) is 7.71. The maximum Gasteiger partial charge on any atom is 0.123 e. The zero-order valence-electron chi connectivity index (χ0n) is 12.9. The molecule has 0 aliphatic carbocycles. The zero-order chi connectivity index (χ0) is 15.2. The largest absolute Gasteiger partial charge is 0.496 e. The van der Waals surface area contributed by atoms with E-state index in [1.54, 1.807) is 19.2 Å². The van der Waals surface area contributed by atoms with Gasteiger partial charge in [0.1, 0.15) is 11.6 Å². The lowest BCUT2D eigenvalue weighted by molar-refractivity contribution is 0.394. The standard InChI is InChI=1S/C16H24FNOS2/c1-4-14-16(21-9-8-20-14)15(18-5-2)12-10-11(17)6-7-13(12)19-3/h6-7,10,14-16,18H,4-5,8-9H2,1-3H3. The lowest BCUT2D eigenvalue weighted by atomic mass is 9.98. The molecule has 1 aromatic rings. The summed E-state index contributed by atoms with van der Waals surface area (Å²) in [6, 6.07) is 4.95. The molecule has 1 saturated heterocycles. The molecule has 0 aromatic heterocycles. The molecule has 3 atom stereocenters. The fourth-order valence-electron chi connectivity index (χ4n) is 2.82. The summed E-state index contributed by atoms with van der Waals surface area (Å²) in [5.41, 5.74) is 0.942. The monoisotopic (exact) mass is 329 g/mol. The number of methoxy groups -OCH3 is 1. The van der Waals surface area contributed by atoms with Gasteiger partial charge in [0.25, 0.3) is 0 Å². The van der Waals surface area contributed by atoms with Crippen molar-refractivity contribution in [2.45, 2.75) is 36.8 Å². The summed E-state index contributed by atoms with van der Waals surface area (Å²) in [5.74, 6) is 2.94. The first-order chi connectivity index (χ1) is 10.2. The van der Waals surface area contributed by atoms with E-state index in [4.69, 9.17) is 4.74 Å². The van der Waals surface area contributed by atoms with Gasteiger partial charge in [-0.25, -0.2) is 4.39 Å². The lowest BCUT2D eigenvalue weighted by Crippen LogP contribution is -2.39. The third-order valence-electron chi connectivity index (χ3n) is 3.77. The highest BCUT2D eigenvalue weighted by Gasteiger charge is 2.34. The molecule has 118 valence electrons. The van der Waals surface area contributed by atoms with E-state index in [1.165, 1.54) is 11.8 Å². The minimum atomic E-state index is -0.199. The summed E-state index contributed by atoms with van der Waals surface area (Å²) in [4.78, 5) is 0. The number of hydrogen-bond acceptors (Lipinski definition) is 4. The number of benzene rings is 1. The smallest absolute Gasteiger partial charge is 0.123 e. The van der Waals surface area contributed by atoms with E-state index < -0.39 is 0 Å².